The predicted octanol–water partition coefficient (Wildman–Crippen LogP) is 3.57. The molecule has 0 radical (unpaired) electrons. The number of nitrogens with zero attached hydrogens (tertiary/aromatic N) is 2. The molecule has 0 bridgehead atoms. The SMILES string of the molecule is Cc1ccc(C(C)C)c(N2C(=O)CS/C2=N\C(=O)Nc2ccc(CC[NH3+])cc2)c1. The number of aliphatic imine (C=N–C) groups is 1. The minimum atomic E-state index is -0.490. The third-order valence-electron chi connectivity index (χ3n) is 4.68. The number of anilines is 2. The van der Waals surface area contributed by atoms with Crippen molar-refractivity contribution in [2.75, 3.05) is 22.5 Å². The third-order valence-corrected chi connectivity index (χ3v) is 5.61. The van der Waals surface area contributed by atoms with Gasteiger partial charge in [0.2, 0.25) is 5.91 Å². The molecule has 7 heteroatoms. The number of amides is 3. The summed E-state index contributed by atoms with van der Waals surface area (Å²) >= 11 is 1.29. The van der Waals surface area contributed by atoms with Gasteiger partial charge in [-0.3, -0.25) is 9.69 Å². The quantitative estimate of drug-likeness (QED) is 0.788. The Morgan fingerprint density at radius 1 is 1.24 bits per heavy atom. The molecule has 152 valence electrons. The molecule has 0 atom stereocenters. The number of nitrogens with one attached hydrogen (secondary N) is 1. The second-order valence-corrected chi connectivity index (χ2v) is 8.30. The van der Waals surface area contributed by atoms with Gasteiger partial charge in [0.15, 0.2) is 5.17 Å². The molecule has 29 heavy (non-hydrogen) atoms. The van der Waals surface area contributed by atoms with Gasteiger partial charge in [0.1, 0.15) is 0 Å². The number of aryl methyl sites for hydroxylation is 1. The summed E-state index contributed by atoms with van der Waals surface area (Å²) in [7, 11) is 0. The van der Waals surface area contributed by atoms with Crippen molar-refractivity contribution in [3.8, 4) is 0 Å². The van der Waals surface area contributed by atoms with Crippen LogP contribution >= 0.6 is 11.8 Å². The summed E-state index contributed by atoms with van der Waals surface area (Å²) < 4.78 is 0. The second kappa shape index (κ2) is 9.24. The predicted molar refractivity (Wildman–Crippen MR) is 120 cm³/mol. The average molecular weight is 412 g/mol. The number of amidine groups is 1. The van der Waals surface area contributed by atoms with E-state index in [0.29, 0.717) is 10.9 Å². The van der Waals surface area contributed by atoms with E-state index in [1.807, 2.05) is 49.4 Å². The molecule has 1 aliphatic heterocycles. The molecule has 6 nitrogen and oxygen atoms in total. The zero-order valence-electron chi connectivity index (χ0n) is 17.1. The summed E-state index contributed by atoms with van der Waals surface area (Å²) in [5, 5.41) is 3.19. The van der Waals surface area contributed by atoms with Crippen molar-refractivity contribution < 1.29 is 15.3 Å². The molecule has 1 saturated heterocycles. The highest BCUT2D eigenvalue weighted by Gasteiger charge is 2.32. The van der Waals surface area contributed by atoms with Gasteiger partial charge in [-0.2, -0.15) is 4.99 Å². The summed E-state index contributed by atoms with van der Waals surface area (Å²) in [6.45, 7) is 6.99. The zero-order chi connectivity index (χ0) is 21.0. The van der Waals surface area contributed by atoms with Gasteiger partial charge < -0.3 is 11.1 Å². The normalized spacial score (nSPS) is 15.4. The van der Waals surface area contributed by atoms with Crippen LogP contribution in [0.4, 0.5) is 16.2 Å². The van der Waals surface area contributed by atoms with Crippen LogP contribution in [0.2, 0.25) is 0 Å². The molecule has 1 fully saturated rings. The summed E-state index contributed by atoms with van der Waals surface area (Å²) in [6, 6.07) is 13.2. The summed E-state index contributed by atoms with van der Waals surface area (Å²) in [4.78, 5) is 30.9. The van der Waals surface area contributed by atoms with E-state index in [1.54, 1.807) is 4.90 Å². The molecule has 1 heterocycles. The lowest BCUT2D eigenvalue weighted by Gasteiger charge is -2.22. The molecule has 0 aliphatic carbocycles. The molecule has 1 aliphatic rings. The maximum Gasteiger partial charge on any atom is 0.347 e. The number of benzene rings is 2. The van der Waals surface area contributed by atoms with Crippen LogP contribution < -0.4 is 16.0 Å². The number of hydrogen-bond acceptors (Lipinski definition) is 3. The first-order chi connectivity index (χ1) is 13.9. The Bertz CT molecular complexity index is 938. The first-order valence-corrected chi connectivity index (χ1v) is 10.7. The van der Waals surface area contributed by atoms with E-state index in [9.17, 15) is 9.59 Å². The lowest BCUT2D eigenvalue weighted by atomic mass is 9.99. The van der Waals surface area contributed by atoms with Gasteiger partial charge in [-0.25, -0.2) is 4.79 Å². The monoisotopic (exact) mass is 411 g/mol. The van der Waals surface area contributed by atoms with Crippen molar-refractivity contribution in [3.05, 3.63) is 59.2 Å². The molecule has 0 aromatic heterocycles. The standard InChI is InChI=1S/C22H26N4O2S/c1-14(2)18-9-4-15(3)12-19(18)26-20(27)13-29-22(26)25-21(28)24-17-7-5-16(6-8-17)10-11-23/h4-9,12,14H,10-11,13,23H2,1-3H3,(H,24,28)/p+1/b25-22-. The van der Waals surface area contributed by atoms with Crippen LogP contribution in [0.15, 0.2) is 47.5 Å². The molecular formula is C22H27N4O2S+. The molecule has 2 aromatic rings. The summed E-state index contributed by atoms with van der Waals surface area (Å²) in [5.41, 5.74) is 8.61. The molecular weight excluding hydrogens is 384 g/mol. The minimum absolute atomic E-state index is 0.0634. The van der Waals surface area contributed by atoms with Crippen molar-refractivity contribution in [3.63, 3.8) is 0 Å². The largest absolute Gasteiger partial charge is 0.357 e. The maximum atomic E-state index is 12.6. The Morgan fingerprint density at radius 2 is 1.97 bits per heavy atom. The van der Waals surface area contributed by atoms with Crippen molar-refractivity contribution in [1.29, 1.82) is 0 Å². The fraction of sp³-hybridized carbons (Fsp3) is 0.318. The second-order valence-electron chi connectivity index (χ2n) is 7.36. The zero-order valence-corrected chi connectivity index (χ0v) is 17.9. The number of rotatable bonds is 5. The van der Waals surface area contributed by atoms with Gasteiger partial charge in [0.05, 0.1) is 18.0 Å². The molecule has 0 spiro atoms. The molecule has 0 unspecified atom stereocenters. The van der Waals surface area contributed by atoms with Crippen LogP contribution in [0.5, 0.6) is 0 Å². The fourth-order valence-electron chi connectivity index (χ4n) is 3.21. The number of carbonyl (C=O) groups is 2. The lowest BCUT2D eigenvalue weighted by Crippen LogP contribution is -2.51. The van der Waals surface area contributed by atoms with Crippen molar-refractivity contribution in [1.82, 2.24) is 0 Å². The highest BCUT2D eigenvalue weighted by Crippen LogP contribution is 2.34. The molecule has 0 saturated carbocycles. The van der Waals surface area contributed by atoms with Crippen LogP contribution in [-0.4, -0.2) is 29.4 Å². The summed E-state index contributed by atoms with van der Waals surface area (Å²) in [6.07, 6.45) is 0.902. The van der Waals surface area contributed by atoms with Gasteiger partial charge in [-0.15, -0.1) is 0 Å². The van der Waals surface area contributed by atoms with Gasteiger partial charge in [-0.1, -0.05) is 49.9 Å². The topological polar surface area (TPSA) is 89.4 Å². The number of carbonyl (C=O) groups excluding carboxylic acids is 2. The van der Waals surface area contributed by atoms with Crippen LogP contribution in [0.3, 0.4) is 0 Å². The van der Waals surface area contributed by atoms with Crippen LogP contribution in [0.25, 0.3) is 0 Å². The molecule has 3 rings (SSSR count). The Labute approximate surface area is 175 Å². The van der Waals surface area contributed by atoms with E-state index in [2.05, 4.69) is 29.9 Å². The Kier molecular flexibility index (Phi) is 6.71. The van der Waals surface area contributed by atoms with Crippen molar-refractivity contribution in [2.24, 2.45) is 4.99 Å². The van der Waals surface area contributed by atoms with Crippen molar-refractivity contribution >= 4 is 40.2 Å². The van der Waals surface area contributed by atoms with Crippen molar-refractivity contribution in [2.45, 2.75) is 33.1 Å². The molecule has 4 N–H and O–H groups in total. The van der Waals surface area contributed by atoms with Gasteiger partial charge in [0, 0.05) is 12.1 Å². The fourth-order valence-corrected chi connectivity index (χ4v) is 4.07. The molecule has 2 aromatic carbocycles. The Balaban J connectivity index is 1.84. The third kappa shape index (κ3) is 5.05. The van der Waals surface area contributed by atoms with Gasteiger partial charge in [0.25, 0.3) is 0 Å². The molecule has 3 amide bonds. The maximum absolute atomic E-state index is 12.6. The van der Waals surface area contributed by atoms with E-state index < -0.39 is 6.03 Å². The first kappa shape index (κ1) is 21.1. The Hall–Kier alpha value is -2.64. The highest BCUT2D eigenvalue weighted by atomic mass is 32.2. The van der Waals surface area contributed by atoms with Gasteiger partial charge in [-0.05, 0) is 47.7 Å². The minimum Gasteiger partial charge on any atom is -0.357 e. The smallest absolute Gasteiger partial charge is 0.347 e. The van der Waals surface area contributed by atoms with Gasteiger partial charge >= 0.3 is 6.03 Å². The van der Waals surface area contributed by atoms with Crippen LogP contribution in [0, 0.1) is 6.92 Å². The lowest BCUT2D eigenvalue weighted by molar-refractivity contribution is -0.366. The highest BCUT2D eigenvalue weighted by molar-refractivity contribution is 8.15. The van der Waals surface area contributed by atoms with E-state index in [-0.39, 0.29) is 17.6 Å². The number of quaternary nitrogens is 1. The average Bonchev–Trinajstić information content (AvgIpc) is 3.03. The number of thioether (sulfide) groups is 1. The number of urea groups is 1. The van der Waals surface area contributed by atoms with E-state index >= 15 is 0 Å². The van der Waals surface area contributed by atoms with E-state index in [1.165, 1.54) is 17.3 Å². The van der Waals surface area contributed by atoms with E-state index in [0.717, 1.165) is 29.8 Å². The number of hydrogen-bond donors (Lipinski definition) is 2. The first-order valence-electron chi connectivity index (χ1n) is 9.73. The van der Waals surface area contributed by atoms with Crippen LogP contribution in [-0.2, 0) is 11.2 Å². The summed E-state index contributed by atoms with van der Waals surface area (Å²) in [5.74, 6) is 0.458. The van der Waals surface area contributed by atoms with Crippen LogP contribution in [0.1, 0.15) is 36.5 Å². The van der Waals surface area contributed by atoms with E-state index in [4.69, 9.17) is 0 Å². The Morgan fingerprint density at radius 3 is 2.62 bits per heavy atom.